The number of ether oxygens (including phenoxy) is 1. The predicted octanol–water partition coefficient (Wildman–Crippen LogP) is 2.19. The van der Waals surface area contributed by atoms with E-state index in [1.165, 1.54) is 7.11 Å². The summed E-state index contributed by atoms with van der Waals surface area (Å²) in [5, 5.41) is 8.40. The number of nitrogens with one attached hydrogen (secondary N) is 3. The van der Waals surface area contributed by atoms with Crippen LogP contribution in [0.15, 0.2) is 24.3 Å². The van der Waals surface area contributed by atoms with Crippen LogP contribution in [0.2, 0.25) is 0 Å². The van der Waals surface area contributed by atoms with E-state index in [0.29, 0.717) is 11.4 Å². The number of carbonyl (C=O) groups is 2. The van der Waals surface area contributed by atoms with Gasteiger partial charge in [-0.3, -0.25) is 10.1 Å². The molecule has 0 heterocycles. The second kappa shape index (κ2) is 6.91. The second-order valence-electron chi connectivity index (χ2n) is 5.35. The molecule has 6 heteroatoms. The van der Waals surface area contributed by atoms with Gasteiger partial charge in [0.05, 0.1) is 13.7 Å². The van der Waals surface area contributed by atoms with Crippen LogP contribution < -0.4 is 16.0 Å². The maximum absolute atomic E-state index is 11.7. The van der Waals surface area contributed by atoms with Crippen molar-refractivity contribution in [1.82, 2.24) is 5.32 Å². The standard InChI is InChI=1S/C14H21N3O3/c1-14(2,3)15-9-12(18)16-10-5-7-11(8-6-10)17-13(19)20-4/h5-8,15H,9H2,1-4H3,(H,16,18)(H,17,19). The number of benzene rings is 1. The smallest absolute Gasteiger partial charge is 0.411 e. The molecule has 6 nitrogen and oxygen atoms in total. The summed E-state index contributed by atoms with van der Waals surface area (Å²) >= 11 is 0. The molecule has 0 aliphatic carbocycles. The average Bonchev–Trinajstić information content (AvgIpc) is 2.38. The van der Waals surface area contributed by atoms with Gasteiger partial charge in [-0.2, -0.15) is 0 Å². The van der Waals surface area contributed by atoms with Crippen LogP contribution in [-0.2, 0) is 9.53 Å². The predicted molar refractivity (Wildman–Crippen MR) is 78.9 cm³/mol. The highest BCUT2D eigenvalue weighted by atomic mass is 16.5. The van der Waals surface area contributed by atoms with Crippen molar-refractivity contribution in [3.05, 3.63) is 24.3 Å². The van der Waals surface area contributed by atoms with Gasteiger partial charge in [0.2, 0.25) is 5.91 Å². The highest BCUT2D eigenvalue weighted by Crippen LogP contribution is 2.13. The van der Waals surface area contributed by atoms with Gasteiger partial charge < -0.3 is 15.4 Å². The van der Waals surface area contributed by atoms with Crippen LogP contribution in [0.1, 0.15) is 20.8 Å². The molecule has 0 spiro atoms. The first-order valence-electron chi connectivity index (χ1n) is 6.30. The molecule has 0 radical (unpaired) electrons. The number of hydrogen-bond acceptors (Lipinski definition) is 4. The van der Waals surface area contributed by atoms with Crippen LogP contribution >= 0.6 is 0 Å². The third kappa shape index (κ3) is 6.19. The van der Waals surface area contributed by atoms with Crippen molar-refractivity contribution in [2.45, 2.75) is 26.3 Å². The topological polar surface area (TPSA) is 79.5 Å². The van der Waals surface area contributed by atoms with Crippen molar-refractivity contribution in [2.75, 3.05) is 24.3 Å². The van der Waals surface area contributed by atoms with Gasteiger partial charge in [-0.05, 0) is 45.0 Å². The maximum Gasteiger partial charge on any atom is 0.411 e. The lowest BCUT2D eigenvalue weighted by Crippen LogP contribution is -2.41. The lowest BCUT2D eigenvalue weighted by Gasteiger charge is -2.20. The normalized spacial score (nSPS) is 10.8. The van der Waals surface area contributed by atoms with Gasteiger partial charge in [-0.1, -0.05) is 0 Å². The van der Waals surface area contributed by atoms with Crippen molar-refractivity contribution in [1.29, 1.82) is 0 Å². The Morgan fingerprint density at radius 1 is 1.05 bits per heavy atom. The van der Waals surface area contributed by atoms with Gasteiger partial charge in [-0.15, -0.1) is 0 Å². The van der Waals surface area contributed by atoms with Gasteiger partial charge in [0.15, 0.2) is 0 Å². The molecule has 0 fully saturated rings. The Balaban J connectivity index is 2.49. The average molecular weight is 279 g/mol. The van der Waals surface area contributed by atoms with Crippen LogP contribution in [0.5, 0.6) is 0 Å². The molecule has 110 valence electrons. The third-order valence-electron chi connectivity index (χ3n) is 2.38. The zero-order chi connectivity index (χ0) is 15.2. The van der Waals surface area contributed by atoms with E-state index in [1.807, 2.05) is 20.8 Å². The van der Waals surface area contributed by atoms with E-state index < -0.39 is 6.09 Å². The van der Waals surface area contributed by atoms with Crippen LogP contribution in [0, 0.1) is 0 Å². The quantitative estimate of drug-likeness (QED) is 0.789. The van der Waals surface area contributed by atoms with Gasteiger partial charge in [0, 0.05) is 16.9 Å². The number of anilines is 2. The number of methoxy groups -OCH3 is 1. The molecule has 0 saturated heterocycles. The molecule has 3 N–H and O–H groups in total. The number of amides is 2. The zero-order valence-corrected chi connectivity index (χ0v) is 12.2. The molecule has 0 aliphatic heterocycles. The number of hydrogen-bond donors (Lipinski definition) is 3. The summed E-state index contributed by atoms with van der Waals surface area (Å²) in [5.74, 6) is -0.117. The fourth-order valence-corrected chi connectivity index (χ4v) is 1.36. The third-order valence-corrected chi connectivity index (χ3v) is 2.38. The summed E-state index contributed by atoms with van der Waals surface area (Å²) in [6, 6.07) is 6.79. The van der Waals surface area contributed by atoms with Crippen LogP contribution in [0.25, 0.3) is 0 Å². The van der Waals surface area contributed by atoms with Crippen molar-refractivity contribution in [3.8, 4) is 0 Å². The van der Waals surface area contributed by atoms with Crippen molar-refractivity contribution in [2.24, 2.45) is 0 Å². The van der Waals surface area contributed by atoms with Crippen molar-refractivity contribution < 1.29 is 14.3 Å². The Hall–Kier alpha value is -2.08. The minimum atomic E-state index is -0.531. The summed E-state index contributed by atoms with van der Waals surface area (Å²) in [5.41, 5.74) is 1.16. The van der Waals surface area contributed by atoms with Crippen LogP contribution in [-0.4, -0.2) is 31.2 Å². The molecule has 0 unspecified atom stereocenters. The first-order valence-corrected chi connectivity index (χ1v) is 6.30. The zero-order valence-electron chi connectivity index (χ0n) is 12.2. The van der Waals surface area contributed by atoms with Crippen molar-refractivity contribution >= 4 is 23.4 Å². The summed E-state index contributed by atoms with van der Waals surface area (Å²) in [6.07, 6.45) is -0.531. The number of rotatable bonds is 4. The van der Waals surface area contributed by atoms with E-state index in [9.17, 15) is 9.59 Å². The molecule has 0 aliphatic rings. The van der Waals surface area contributed by atoms with E-state index in [4.69, 9.17) is 0 Å². The Bertz CT molecular complexity index is 464. The first kappa shape index (κ1) is 16.0. The van der Waals surface area contributed by atoms with Gasteiger partial charge in [-0.25, -0.2) is 4.79 Å². The van der Waals surface area contributed by atoms with Crippen LogP contribution in [0.4, 0.5) is 16.2 Å². The summed E-state index contributed by atoms with van der Waals surface area (Å²) < 4.78 is 4.48. The highest BCUT2D eigenvalue weighted by Gasteiger charge is 2.11. The molecule has 1 rings (SSSR count). The Morgan fingerprint density at radius 2 is 1.55 bits per heavy atom. The van der Waals surface area contributed by atoms with E-state index in [0.717, 1.165) is 0 Å². The van der Waals surface area contributed by atoms with Gasteiger partial charge in [0.25, 0.3) is 0 Å². The fourth-order valence-electron chi connectivity index (χ4n) is 1.36. The fraction of sp³-hybridized carbons (Fsp3) is 0.429. The molecule has 0 saturated carbocycles. The molecule has 1 aromatic rings. The molecule has 0 atom stereocenters. The molecule has 20 heavy (non-hydrogen) atoms. The molecule has 0 bridgehead atoms. The maximum atomic E-state index is 11.7. The Labute approximate surface area is 118 Å². The Kier molecular flexibility index (Phi) is 5.52. The SMILES string of the molecule is COC(=O)Nc1ccc(NC(=O)CNC(C)(C)C)cc1. The highest BCUT2D eigenvalue weighted by molar-refractivity contribution is 5.92. The first-order chi connectivity index (χ1) is 9.30. The molecule has 2 amide bonds. The molecule has 0 aromatic heterocycles. The summed E-state index contributed by atoms with van der Waals surface area (Å²) in [4.78, 5) is 22.7. The lowest BCUT2D eigenvalue weighted by atomic mass is 10.1. The largest absolute Gasteiger partial charge is 0.453 e. The molecular weight excluding hydrogens is 258 g/mol. The van der Waals surface area contributed by atoms with Crippen molar-refractivity contribution in [3.63, 3.8) is 0 Å². The van der Waals surface area contributed by atoms with E-state index in [2.05, 4.69) is 20.7 Å². The minimum Gasteiger partial charge on any atom is -0.453 e. The van der Waals surface area contributed by atoms with Crippen LogP contribution in [0.3, 0.4) is 0 Å². The molecular formula is C14H21N3O3. The Morgan fingerprint density at radius 3 is 2.00 bits per heavy atom. The van der Waals surface area contributed by atoms with Gasteiger partial charge in [0.1, 0.15) is 0 Å². The van der Waals surface area contributed by atoms with E-state index >= 15 is 0 Å². The second-order valence-corrected chi connectivity index (χ2v) is 5.35. The van der Waals surface area contributed by atoms with E-state index in [-0.39, 0.29) is 18.0 Å². The summed E-state index contributed by atoms with van der Waals surface area (Å²) in [7, 11) is 1.30. The van der Waals surface area contributed by atoms with E-state index in [1.54, 1.807) is 24.3 Å². The summed E-state index contributed by atoms with van der Waals surface area (Å²) in [6.45, 7) is 6.22. The monoisotopic (exact) mass is 279 g/mol. The lowest BCUT2D eigenvalue weighted by molar-refractivity contribution is -0.115. The number of carbonyl (C=O) groups excluding carboxylic acids is 2. The van der Waals surface area contributed by atoms with Gasteiger partial charge >= 0.3 is 6.09 Å². The molecule has 1 aromatic carbocycles. The minimum absolute atomic E-state index is 0.106.